The molecule has 0 heterocycles. The van der Waals surface area contributed by atoms with Gasteiger partial charge in [-0.2, -0.15) is 0 Å². The molecule has 2 aromatic rings. The van der Waals surface area contributed by atoms with E-state index in [1.807, 2.05) is 43.3 Å². The lowest BCUT2D eigenvalue weighted by atomic mass is 10.1. The summed E-state index contributed by atoms with van der Waals surface area (Å²) in [6.07, 6.45) is 0. The normalized spacial score (nSPS) is 10.3. The van der Waals surface area contributed by atoms with Crippen molar-refractivity contribution in [1.29, 1.82) is 0 Å². The molecule has 0 saturated carbocycles. The molecule has 0 bridgehead atoms. The first-order valence-corrected chi connectivity index (χ1v) is 6.74. The van der Waals surface area contributed by atoms with Crippen LogP contribution in [0.3, 0.4) is 0 Å². The van der Waals surface area contributed by atoms with Crippen molar-refractivity contribution in [2.45, 2.75) is 12.8 Å². The summed E-state index contributed by atoms with van der Waals surface area (Å²) in [5, 5.41) is 3.30. The zero-order valence-electron chi connectivity index (χ0n) is 10.4. The highest BCUT2D eigenvalue weighted by Crippen LogP contribution is 2.22. The SMILES string of the molecule is Cc1cccc(C(=O)Nc2cccc(CCl)c2)c1Cl. The molecule has 0 unspecified atom stereocenters. The van der Waals surface area contributed by atoms with E-state index in [9.17, 15) is 4.79 Å². The molecule has 0 fully saturated rings. The third kappa shape index (κ3) is 3.28. The third-order valence-electron chi connectivity index (χ3n) is 2.78. The van der Waals surface area contributed by atoms with Crippen molar-refractivity contribution in [2.75, 3.05) is 5.32 Å². The fraction of sp³-hybridized carbons (Fsp3) is 0.133. The average molecular weight is 294 g/mol. The molecule has 0 radical (unpaired) electrons. The van der Waals surface area contributed by atoms with E-state index in [0.717, 1.165) is 11.1 Å². The van der Waals surface area contributed by atoms with Gasteiger partial charge in [0.05, 0.1) is 10.6 Å². The molecular weight excluding hydrogens is 281 g/mol. The molecule has 19 heavy (non-hydrogen) atoms. The van der Waals surface area contributed by atoms with Crippen LogP contribution >= 0.6 is 23.2 Å². The Kier molecular flexibility index (Phi) is 4.46. The van der Waals surface area contributed by atoms with Crippen LogP contribution in [0, 0.1) is 6.92 Å². The Hall–Kier alpha value is -1.51. The summed E-state index contributed by atoms with van der Waals surface area (Å²) < 4.78 is 0. The monoisotopic (exact) mass is 293 g/mol. The second-order valence-electron chi connectivity index (χ2n) is 4.22. The van der Waals surface area contributed by atoms with Gasteiger partial charge in [0.25, 0.3) is 5.91 Å². The van der Waals surface area contributed by atoms with Gasteiger partial charge in [0.1, 0.15) is 0 Å². The number of hydrogen-bond donors (Lipinski definition) is 1. The van der Waals surface area contributed by atoms with Gasteiger partial charge in [-0.3, -0.25) is 4.79 Å². The van der Waals surface area contributed by atoms with Gasteiger partial charge in [0.15, 0.2) is 0 Å². The number of benzene rings is 2. The van der Waals surface area contributed by atoms with Crippen LogP contribution in [0.2, 0.25) is 5.02 Å². The lowest BCUT2D eigenvalue weighted by molar-refractivity contribution is 0.102. The highest BCUT2D eigenvalue weighted by molar-refractivity contribution is 6.35. The van der Waals surface area contributed by atoms with Gasteiger partial charge in [-0.15, -0.1) is 11.6 Å². The molecule has 0 atom stereocenters. The van der Waals surface area contributed by atoms with Crippen molar-refractivity contribution in [3.05, 3.63) is 64.2 Å². The Balaban J connectivity index is 2.23. The first-order valence-electron chi connectivity index (χ1n) is 5.83. The van der Waals surface area contributed by atoms with Crippen molar-refractivity contribution < 1.29 is 4.79 Å². The lowest BCUT2D eigenvalue weighted by Gasteiger charge is -2.09. The van der Waals surface area contributed by atoms with E-state index in [4.69, 9.17) is 23.2 Å². The fourth-order valence-electron chi connectivity index (χ4n) is 1.75. The lowest BCUT2D eigenvalue weighted by Crippen LogP contribution is -2.12. The summed E-state index contributed by atoms with van der Waals surface area (Å²) in [5.41, 5.74) is 3.01. The molecule has 2 nitrogen and oxygen atoms in total. The first-order chi connectivity index (χ1) is 9.11. The predicted octanol–water partition coefficient (Wildman–Crippen LogP) is 4.64. The van der Waals surface area contributed by atoms with E-state index >= 15 is 0 Å². The summed E-state index contributed by atoms with van der Waals surface area (Å²) >= 11 is 11.9. The van der Waals surface area contributed by atoms with Gasteiger partial charge in [-0.05, 0) is 36.2 Å². The highest BCUT2D eigenvalue weighted by atomic mass is 35.5. The van der Waals surface area contributed by atoms with Crippen LogP contribution in [0.5, 0.6) is 0 Å². The van der Waals surface area contributed by atoms with Crippen LogP contribution in [0.4, 0.5) is 5.69 Å². The van der Waals surface area contributed by atoms with Crippen LogP contribution in [0.15, 0.2) is 42.5 Å². The van der Waals surface area contributed by atoms with Crippen LogP contribution < -0.4 is 5.32 Å². The topological polar surface area (TPSA) is 29.1 Å². The molecule has 0 aromatic heterocycles. The molecule has 0 aliphatic heterocycles. The molecule has 1 N–H and O–H groups in total. The highest BCUT2D eigenvalue weighted by Gasteiger charge is 2.11. The van der Waals surface area contributed by atoms with E-state index in [0.29, 0.717) is 22.2 Å². The van der Waals surface area contributed by atoms with Gasteiger partial charge < -0.3 is 5.32 Å². The van der Waals surface area contributed by atoms with Crippen molar-refractivity contribution >= 4 is 34.8 Å². The smallest absolute Gasteiger partial charge is 0.257 e. The molecule has 1 amide bonds. The van der Waals surface area contributed by atoms with E-state index in [2.05, 4.69) is 5.32 Å². The summed E-state index contributed by atoms with van der Waals surface area (Å²) in [6.45, 7) is 1.87. The molecule has 4 heteroatoms. The zero-order valence-corrected chi connectivity index (χ0v) is 11.9. The standard InChI is InChI=1S/C15H13Cl2NO/c1-10-4-2-7-13(14(10)17)15(19)18-12-6-3-5-11(8-12)9-16/h2-8H,9H2,1H3,(H,18,19). The first kappa shape index (κ1) is 13.9. The van der Waals surface area contributed by atoms with Crippen LogP contribution in [-0.4, -0.2) is 5.91 Å². The average Bonchev–Trinajstić information content (AvgIpc) is 2.42. The van der Waals surface area contributed by atoms with Crippen LogP contribution in [0.25, 0.3) is 0 Å². The minimum atomic E-state index is -0.222. The van der Waals surface area contributed by atoms with E-state index < -0.39 is 0 Å². The van der Waals surface area contributed by atoms with Crippen molar-refractivity contribution in [2.24, 2.45) is 0 Å². The molecule has 0 aliphatic carbocycles. The quantitative estimate of drug-likeness (QED) is 0.821. The Morgan fingerprint density at radius 2 is 1.95 bits per heavy atom. The summed E-state index contributed by atoms with van der Waals surface area (Å²) in [5.74, 6) is 0.190. The number of hydrogen-bond acceptors (Lipinski definition) is 1. The van der Waals surface area contributed by atoms with E-state index in [1.54, 1.807) is 6.07 Å². The van der Waals surface area contributed by atoms with Gasteiger partial charge in [0.2, 0.25) is 0 Å². The maximum Gasteiger partial charge on any atom is 0.257 e. The van der Waals surface area contributed by atoms with Gasteiger partial charge in [-0.25, -0.2) is 0 Å². The number of alkyl halides is 1. The van der Waals surface area contributed by atoms with Crippen molar-refractivity contribution in [1.82, 2.24) is 0 Å². The number of nitrogens with one attached hydrogen (secondary N) is 1. The number of amides is 1. The third-order valence-corrected chi connectivity index (χ3v) is 3.59. The maximum atomic E-state index is 12.2. The second-order valence-corrected chi connectivity index (χ2v) is 4.87. The number of aryl methyl sites for hydroxylation is 1. The Bertz CT molecular complexity index is 611. The molecular formula is C15H13Cl2NO. The minimum Gasteiger partial charge on any atom is -0.322 e. The molecule has 98 valence electrons. The van der Waals surface area contributed by atoms with E-state index in [-0.39, 0.29) is 5.91 Å². The largest absolute Gasteiger partial charge is 0.322 e. The molecule has 2 rings (SSSR count). The van der Waals surface area contributed by atoms with Crippen molar-refractivity contribution in [3.63, 3.8) is 0 Å². The number of anilines is 1. The maximum absolute atomic E-state index is 12.2. The Morgan fingerprint density at radius 1 is 1.21 bits per heavy atom. The summed E-state index contributed by atoms with van der Waals surface area (Å²) in [6, 6.07) is 12.8. The Morgan fingerprint density at radius 3 is 2.68 bits per heavy atom. The fourth-order valence-corrected chi connectivity index (χ4v) is 2.13. The van der Waals surface area contributed by atoms with Gasteiger partial charge >= 0.3 is 0 Å². The van der Waals surface area contributed by atoms with E-state index in [1.165, 1.54) is 0 Å². The second kappa shape index (κ2) is 6.09. The molecule has 0 aliphatic rings. The Labute approximate surface area is 122 Å². The minimum absolute atomic E-state index is 0.222. The number of halogens is 2. The molecule has 0 spiro atoms. The number of rotatable bonds is 3. The van der Waals surface area contributed by atoms with Crippen LogP contribution in [-0.2, 0) is 5.88 Å². The van der Waals surface area contributed by atoms with Crippen molar-refractivity contribution in [3.8, 4) is 0 Å². The number of carbonyl (C=O) groups is 1. The summed E-state index contributed by atoms with van der Waals surface area (Å²) in [4.78, 5) is 12.2. The number of carbonyl (C=O) groups excluding carboxylic acids is 1. The van der Waals surface area contributed by atoms with Gasteiger partial charge in [0, 0.05) is 11.6 Å². The predicted molar refractivity (Wildman–Crippen MR) is 80.1 cm³/mol. The summed E-state index contributed by atoms with van der Waals surface area (Å²) in [7, 11) is 0. The molecule has 0 saturated heterocycles. The van der Waals surface area contributed by atoms with Crippen LogP contribution in [0.1, 0.15) is 21.5 Å². The van der Waals surface area contributed by atoms with Gasteiger partial charge in [-0.1, -0.05) is 35.9 Å². The zero-order chi connectivity index (χ0) is 13.8. The molecule has 2 aromatic carbocycles.